The number of carbonyl (C=O) groups excluding carboxylic acids is 1. The average Bonchev–Trinajstić information content (AvgIpc) is 3.33. The molecule has 0 aromatic carbocycles. The highest BCUT2D eigenvalue weighted by atomic mass is 16.7. The maximum Gasteiger partial charge on any atom is 0.318 e. The molecule has 1 aromatic rings. The smallest absolute Gasteiger partial charge is 0.318 e. The molecule has 1 aliphatic carbocycles. The standard InChI is InChI=1S/C17H27N5O3/c1-21-12-19-20-15(21)14-6-5-9-22(14)16(23)18-10-13-11-24-17(25-13)7-3-2-4-8-17/h12-14H,2-11H2,1H3,(H,18,23)/t13-,14-/m0/s1. The normalized spacial score (nSPS) is 28.6. The maximum absolute atomic E-state index is 12.6. The van der Waals surface area contributed by atoms with Crippen molar-refractivity contribution in [2.45, 2.75) is 62.9 Å². The van der Waals surface area contributed by atoms with Gasteiger partial charge >= 0.3 is 6.03 Å². The van der Waals surface area contributed by atoms with Gasteiger partial charge in [0.05, 0.1) is 12.6 Å². The van der Waals surface area contributed by atoms with Gasteiger partial charge in [-0.05, 0) is 25.7 Å². The molecule has 1 N–H and O–H groups in total. The predicted molar refractivity (Wildman–Crippen MR) is 89.7 cm³/mol. The first-order valence-electron chi connectivity index (χ1n) is 9.37. The summed E-state index contributed by atoms with van der Waals surface area (Å²) in [7, 11) is 1.91. The van der Waals surface area contributed by atoms with Gasteiger partial charge in [-0.1, -0.05) is 6.42 Å². The monoisotopic (exact) mass is 349 g/mol. The van der Waals surface area contributed by atoms with Gasteiger partial charge in [0.2, 0.25) is 0 Å². The number of aromatic nitrogens is 3. The molecule has 2 atom stereocenters. The lowest BCUT2D eigenvalue weighted by Crippen LogP contribution is -2.44. The highest BCUT2D eigenvalue weighted by Gasteiger charge is 2.42. The van der Waals surface area contributed by atoms with Crippen molar-refractivity contribution in [3.63, 3.8) is 0 Å². The molecule has 0 bridgehead atoms. The number of nitrogens with one attached hydrogen (secondary N) is 1. The molecule has 2 saturated heterocycles. The van der Waals surface area contributed by atoms with Gasteiger partial charge in [-0.15, -0.1) is 10.2 Å². The van der Waals surface area contributed by atoms with E-state index in [2.05, 4.69) is 15.5 Å². The third-order valence-electron chi connectivity index (χ3n) is 5.57. The Morgan fingerprint density at radius 2 is 2.20 bits per heavy atom. The van der Waals surface area contributed by atoms with E-state index in [1.807, 2.05) is 16.5 Å². The zero-order valence-electron chi connectivity index (χ0n) is 14.8. The molecule has 8 heteroatoms. The van der Waals surface area contributed by atoms with E-state index in [9.17, 15) is 4.79 Å². The first kappa shape index (κ1) is 16.8. The Morgan fingerprint density at radius 3 is 2.96 bits per heavy atom. The maximum atomic E-state index is 12.6. The van der Waals surface area contributed by atoms with E-state index in [0.29, 0.717) is 13.2 Å². The van der Waals surface area contributed by atoms with Crippen molar-refractivity contribution >= 4 is 6.03 Å². The van der Waals surface area contributed by atoms with E-state index in [0.717, 1.165) is 50.9 Å². The number of hydrogen-bond acceptors (Lipinski definition) is 5. The second-order valence-corrected chi connectivity index (χ2v) is 7.36. The van der Waals surface area contributed by atoms with Crippen LogP contribution in [0.4, 0.5) is 4.79 Å². The molecule has 2 aliphatic heterocycles. The Balaban J connectivity index is 1.31. The fraction of sp³-hybridized carbons (Fsp3) is 0.824. The summed E-state index contributed by atoms with van der Waals surface area (Å²) in [5.41, 5.74) is 0. The minimum atomic E-state index is -0.386. The van der Waals surface area contributed by atoms with Gasteiger partial charge in [-0.3, -0.25) is 0 Å². The van der Waals surface area contributed by atoms with Crippen molar-refractivity contribution in [3.05, 3.63) is 12.2 Å². The van der Waals surface area contributed by atoms with Gasteiger partial charge in [0.25, 0.3) is 0 Å². The van der Waals surface area contributed by atoms with Crippen LogP contribution in [0.3, 0.4) is 0 Å². The summed E-state index contributed by atoms with van der Waals surface area (Å²) in [5, 5.41) is 11.1. The number of likely N-dealkylation sites (tertiary alicyclic amines) is 1. The van der Waals surface area contributed by atoms with Crippen molar-refractivity contribution in [1.82, 2.24) is 25.0 Å². The molecular weight excluding hydrogens is 322 g/mol. The van der Waals surface area contributed by atoms with Gasteiger partial charge in [0, 0.05) is 33.0 Å². The summed E-state index contributed by atoms with van der Waals surface area (Å²) in [6.45, 7) is 1.80. The molecule has 138 valence electrons. The Hall–Kier alpha value is -1.67. The molecule has 8 nitrogen and oxygen atoms in total. The highest BCUT2D eigenvalue weighted by molar-refractivity contribution is 5.75. The SMILES string of the molecule is Cn1cnnc1[C@@H]1CCCN1C(=O)NC[C@H]1COC2(CCCCC2)O1. The molecule has 3 fully saturated rings. The van der Waals surface area contributed by atoms with Gasteiger partial charge in [0.15, 0.2) is 11.6 Å². The van der Waals surface area contributed by atoms with Crippen LogP contribution in [-0.2, 0) is 16.5 Å². The third-order valence-corrected chi connectivity index (χ3v) is 5.57. The second kappa shape index (κ2) is 6.92. The number of aryl methyl sites for hydroxylation is 1. The number of rotatable bonds is 3. The van der Waals surface area contributed by atoms with Crippen molar-refractivity contribution in [1.29, 1.82) is 0 Å². The van der Waals surface area contributed by atoms with Crippen molar-refractivity contribution in [2.24, 2.45) is 7.05 Å². The Labute approximate surface area is 147 Å². The molecule has 1 aromatic heterocycles. The fourth-order valence-corrected chi connectivity index (χ4v) is 4.24. The van der Waals surface area contributed by atoms with Crippen molar-refractivity contribution in [2.75, 3.05) is 19.7 Å². The molecular formula is C17H27N5O3. The first-order valence-corrected chi connectivity index (χ1v) is 9.37. The molecule has 3 heterocycles. The third kappa shape index (κ3) is 3.37. The highest BCUT2D eigenvalue weighted by Crippen LogP contribution is 2.37. The first-order chi connectivity index (χ1) is 12.2. The van der Waals surface area contributed by atoms with E-state index >= 15 is 0 Å². The lowest BCUT2D eigenvalue weighted by atomic mass is 9.94. The number of nitrogens with zero attached hydrogens (tertiary/aromatic N) is 4. The summed E-state index contributed by atoms with van der Waals surface area (Å²) in [6, 6.07) is -0.0587. The van der Waals surface area contributed by atoms with Crippen LogP contribution in [0.15, 0.2) is 6.33 Å². The van der Waals surface area contributed by atoms with Crippen LogP contribution in [0.25, 0.3) is 0 Å². The van der Waals surface area contributed by atoms with Crippen LogP contribution in [-0.4, -0.2) is 57.3 Å². The predicted octanol–water partition coefficient (Wildman–Crippen LogP) is 1.74. The summed E-state index contributed by atoms with van der Waals surface area (Å²) >= 11 is 0. The molecule has 0 radical (unpaired) electrons. The zero-order chi connectivity index (χ0) is 17.3. The number of carbonyl (C=O) groups is 1. The second-order valence-electron chi connectivity index (χ2n) is 7.36. The molecule has 1 saturated carbocycles. The molecule has 0 unspecified atom stereocenters. The van der Waals surface area contributed by atoms with Gasteiger partial charge in [-0.25, -0.2) is 4.79 Å². The van der Waals surface area contributed by atoms with Gasteiger partial charge in [0.1, 0.15) is 12.4 Å². The average molecular weight is 349 g/mol. The Morgan fingerprint density at radius 1 is 1.36 bits per heavy atom. The lowest BCUT2D eigenvalue weighted by Gasteiger charge is -2.31. The number of amides is 2. The Bertz CT molecular complexity index is 613. The lowest BCUT2D eigenvalue weighted by molar-refractivity contribution is -0.186. The summed E-state index contributed by atoms with van der Waals surface area (Å²) in [5.74, 6) is 0.455. The van der Waals surface area contributed by atoms with Crippen LogP contribution in [0.1, 0.15) is 56.8 Å². The van der Waals surface area contributed by atoms with Crippen LogP contribution in [0.5, 0.6) is 0 Å². The molecule has 2 amide bonds. The fourth-order valence-electron chi connectivity index (χ4n) is 4.24. The molecule has 3 aliphatic rings. The zero-order valence-corrected chi connectivity index (χ0v) is 14.8. The summed E-state index contributed by atoms with van der Waals surface area (Å²) < 4.78 is 14.0. The van der Waals surface area contributed by atoms with Gasteiger partial charge in [-0.2, -0.15) is 0 Å². The van der Waals surface area contributed by atoms with E-state index in [4.69, 9.17) is 9.47 Å². The minimum absolute atomic E-state index is 0.00191. The molecule has 4 rings (SSSR count). The number of hydrogen-bond donors (Lipinski definition) is 1. The topological polar surface area (TPSA) is 81.5 Å². The van der Waals surface area contributed by atoms with Crippen LogP contribution in [0.2, 0.25) is 0 Å². The summed E-state index contributed by atoms with van der Waals surface area (Å²) in [6.07, 6.45) is 9.04. The molecule has 1 spiro atoms. The number of ether oxygens (including phenoxy) is 2. The molecule has 25 heavy (non-hydrogen) atoms. The van der Waals surface area contributed by atoms with E-state index < -0.39 is 0 Å². The van der Waals surface area contributed by atoms with Crippen LogP contribution >= 0.6 is 0 Å². The van der Waals surface area contributed by atoms with E-state index in [1.165, 1.54) is 6.42 Å². The van der Waals surface area contributed by atoms with Crippen molar-refractivity contribution in [3.8, 4) is 0 Å². The van der Waals surface area contributed by atoms with Gasteiger partial charge < -0.3 is 24.3 Å². The van der Waals surface area contributed by atoms with Crippen LogP contribution in [0, 0.1) is 0 Å². The van der Waals surface area contributed by atoms with E-state index in [1.54, 1.807) is 6.33 Å². The summed E-state index contributed by atoms with van der Waals surface area (Å²) in [4.78, 5) is 14.5. The quantitative estimate of drug-likeness (QED) is 0.899. The Kier molecular flexibility index (Phi) is 4.64. The van der Waals surface area contributed by atoms with Crippen LogP contribution < -0.4 is 5.32 Å². The largest absolute Gasteiger partial charge is 0.347 e. The number of urea groups is 1. The van der Waals surface area contributed by atoms with Crippen molar-refractivity contribution < 1.29 is 14.3 Å². The minimum Gasteiger partial charge on any atom is -0.347 e. The van der Waals surface area contributed by atoms with E-state index in [-0.39, 0.29) is 24.0 Å².